The number of anilines is 1. The SMILES string of the molecule is Cc1ccc(NC(=O)C(=O)N/N=C/c2cccc(OC(=O)c3ccccc3Cl)c2)cc1C. The molecule has 7 nitrogen and oxygen atoms in total. The van der Waals surface area contributed by atoms with E-state index in [0.29, 0.717) is 11.3 Å². The lowest BCUT2D eigenvalue weighted by Gasteiger charge is -2.07. The molecule has 0 saturated heterocycles. The molecule has 0 aliphatic heterocycles. The Morgan fingerprint density at radius 2 is 1.69 bits per heavy atom. The first-order valence-electron chi connectivity index (χ1n) is 9.62. The van der Waals surface area contributed by atoms with Crippen molar-refractivity contribution in [1.29, 1.82) is 0 Å². The molecule has 0 unspecified atom stereocenters. The Bertz CT molecular complexity index is 1210. The van der Waals surface area contributed by atoms with Crippen molar-refractivity contribution < 1.29 is 19.1 Å². The molecule has 0 saturated carbocycles. The number of nitrogens with one attached hydrogen (secondary N) is 2. The van der Waals surface area contributed by atoms with Crippen LogP contribution < -0.4 is 15.5 Å². The molecule has 0 fully saturated rings. The van der Waals surface area contributed by atoms with E-state index in [1.807, 2.05) is 19.9 Å². The van der Waals surface area contributed by atoms with Gasteiger partial charge in [0, 0.05) is 5.69 Å². The van der Waals surface area contributed by atoms with Crippen LogP contribution in [0.5, 0.6) is 5.75 Å². The highest BCUT2D eigenvalue weighted by atomic mass is 35.5. The summed E-state index contributed by atoms with van der Waals surface area (Å²) >= 11 is 6.01. The van der Waals surface area contributed by atoms with Crippen molar-refractivity contribution in [2.45, 2.75) is 13.8 Å². The molecular formula is C24H20ClN3O4. The van der Waals surface area contributed by atoms with Gasteiger partial charge in [0.2, 0.25) is 0 Å². The van der Waals surface area contributed by atoms with E-state index in [4.69, 9.17) is 16.3 Å². The number of hydrogen-bond acceptors (Lipinski definition) is 5. The fraction of sp³-hybridized carbons (Fsp3) is 0.0833. The van der Waals surface area contributed by atoms with Crippen LogP contribution in [0.2, 0.25) is 5.02 Å². The topological polar surface area (TPSA) is 96.9 Å². The van der Waals surface area contributed by atoms with Crippen LogP contribution in [0.25, 0.3) is 0 Å². The first kappa shape index (κ1) is 22.7. The number of hydrazone groups is 1. The Morgan fingerprint density at radius 3 is 2.44 bits per heavy atom. The quantitative estimate of drug-likeness (QED) is 0.200. The number of nitrogens with zero attached hydrogens (tertiary/aromatic N) is 1. The normalized spacial score (nSPS) is 10.6. The average Bonchev–Trinajstić information content (AvgIpc) is 2.76. The van der Waals surface area contributed by atoms with Gasteiger partial charge in [0.1, 0.15) is 5.75 Å². The minimum Gasteiger partial charge on any atom is -0.423 e. The molecule has 8 heteroatoms. The van der Waals surface area contributed by atoms with Gasteiger partial charge in [0.05, 0.1) is 16.8 Å². The Labute approximate surface area is 190 Å². The van der Waals surface area contributed by atoms with Crippen molar-refractivity contribution >= 4 is 41.3 Å². The molecule has 3 aromatic rings. The van der Waals surface area contributed by atoms with Crippen LogP contribution >= 0.6 is 11.6 Å². The van der Waals surface area contributed by atoms with Crippen molar-refractivity contribution in [1.82, 2.24) is 5.43 Å². The van der Waals surface area contributed by atoms with E-state index >= 15 is 0 Å². The Balaban J connectivity index is 1.57. The van der Waals surface area contributed by atoms with Crippen LogP contribution in [-0.4, -0.2) is 24.0 Å². The number of aryl methyl sites for hydroxylation is 2. The smallest absolute Gasteiger partial charge is 0.345 e. The van der Waals surface area contributed by atoms with Gasteiger partial charge in [-0.2, -0.15) is 5.10 Å². The summed E-state index contributed by atoms with van der Waals surface area (Å²) in [6.45, 7) is 3.87. The van der Waals surface area contributed by atoms with Crippen LogP contribution in [0.1, 0.15) is 27.0 Å². The standard InChI is InChI=1S/C24H20ClN3O4/c1-15-10-11-18(12-16(15)2)27-22(29)23(30)28-26-14-17-6-5-7-19(13-17)32-24(31)20-8-3-4-9-21(20)25/h3-14H,1-2H3,(H,27,29)(H,28,30)/b26-14+. The molecule has 3 rings (SSSR count). The maximum atomic E-state index is 12.3. The molecule has 2 amide bonds. The minimum absolute atomic E-state index is 0.246. The molecule has 0 aromatic heterocycles. The third-order valence-corrected chi connectivity index (χ3v) is 4.84. The van der Waals surface area contributed by atoms with Crippen molar-refractivity contribution in [3.05, 3.63) is 94.0 Å². The molecule has 2 N–H and O–H groups in total. The predicted octanol–water partition coefficient (Wildman–Crippen LogP) is 4.26. The fourth-order valence-corrected chi connectivity index (χ4v) is 2.88. The van der Waals surface area contributed by atoms with E-state index in [1.54, 1.807) is 60.7 Å². The molecule has 32 heavy (non-hydrogen) atoms. The van der Waals surface area contributed by atoms with Crippen LogP contribution in [0.3, 0.4) is 0 Å². The lowest BCUT2D eigenvalue weighted by Crippen LogP contribution is -2.32. The summed E-state index contributed by atoms with van der Waals surface area (Å²) in [7, 11) is 0. The van der Waals surface area contributed by atoms with E-state index in [0.717, 1.165) is 11.1 Å². The van der Waals surface area contributed by atoms with Crippen LogP contribution in [0, 0.1) is 13.8 Å². The highest BCUT2D eigenvalue weighted by Gasteiger charge is 2.14. The summed E-state index contributed by atoms with van der Waals surface area (Å²) in [5.41, 5.74) is 5.55. The number of carbonyl (C=O) groups is 3. The molecule has 3 aromatic carbocycles. The van der Waals surface area contributed by atoms with Gasteiger partial charge in [0.15, 0.2) is 0 Å². The van der Waals surface area contributed by atoms with Gasteiger partial charge >= 0.3 is 17.8 Å². The second kappa shape index (κ2) is 10.4. The van der Waals surface area contributed by atoms with E-state index in [1.165, 1.54) is 6.21 Å². The van der Waals surface area contributed by atoms with E-state index in [9.17, 15) is 14.4 Å². The summed E-state index contributed by atoms with van der Waals surface area (Å²) < 4.78 is 5.34. The molecule has 0 bridgehead atoms. The van der Waals surface area contributed by atoms with E-state index in [2.05, 4.69) is 15.8 Å². The second-order valence-electron chi connectivity index (χ2n) is 6.89. The van der Waals surface area contributed by atoms with Gasteiger partial charge in [-0.05, 0) is 66.9 Å². The molecule has 0 aliphatic rings. The molecule has 0 spiro atoms. The number of halogens is 1. The lowest BCUT2D eigenvalue weighted by molar-refractivity contribution is -0.136. The maximum Gasteiger partial charge on any atom is 0.345 e. The average molecular weight is 450 g/mol. The first-order valence-corrected chi connectivity index (χ1v) is 9.99. The third kappa shape index (κ3) is 6.02. The van der Waals surface area contributed by atoms with Gasteiger partial charge in [-0.15, -0.1) is 0 Å². The number of hydrogen-bond donors (Lipinski definition) is 2. The highest BCUT2D eigenvalue weighted by molar-refractivity contribution is 6.39. The fourth-order valence-electron chi connectivity index (χ4n) is 2.67. The van der Waals surface area contributed by atoms with Crippen molar-refractivity contribution in [3.63, 3.8) is 0 Å². The first-order chi connectivity index (χ1) is 15.3. The third-order valence-electron chi connectivity index (χ3n) is 4.51. The van der Waals surface area contributed by atoms with Gasteiger partial charge in [-0.25, -0.2) is 10.2 Å². The zero-order valence-electron chi connectivity index (χ0n) is 17.4. The van der Waals surface area contributed by atoms with Crippen molar-refractivity contribution in [3.8, 4) is 5.75 Å². The van der Waals surface area contributed by atoms with Crippen LogP contribution in [0.4, 0.5) is 5.69 Å². The largest absolute Gasteiger partial charge is 0.423 e. The Morgan fingerprint density at radius 1 is 0.906 bits per heavy atom. The number of amides is 2. The molecule has 162 valence electrons. The van der Waals surface area contributed by atoms with Gasteiger partial charge in [-0.3, -0.25) is 9.59 Å². The Hall–Kier alpha value is -3.97. The number of ether oxygens (including phenoxy) is 1. The molecule has 0 atom stereocenters. The van der Waals surface area contributed by atoms with Crippen LogP contribution in [-0.2, 0) is 9.59 Å². The summed E-state index contributed by atoms with van der Waals surface area (Å²) in [4.78, 5) is 36.3. The summed E-state index contributed by atoms with van der Waals surface area (Å²) in [5.74, 6) is -2.08. The monoisotopic (exact) mass is 449 g/mol. The molecule has 0 radical (unpaired) electrons. The highest BCUT2D eigenvalue weighted by Crippen LogP contribution is 2.19. The lowest BCUT2D eigenvalue weighted by atomic mass is 10.1. The zero-order valence-corrected chi connectivity index (χ0v) is 18.1. The maximum absolute atomic E-state index is 12.3. The number of rotatable bonds is 5. The molecular weight excluding hydrogens is 430 g/mol. The molecule has 0 heterocycles. The number of esters is 1. The predicted molar refractivity (Wildman–Crippen MR) is 123 cm³/mol. The summed E-state index contributed by atoms with van der Waals surface area (Å²) in [6.07, 6.45) is 1.33. The second-order valence-corrected chi connectivity index (χ2v) is 7.30. The van der Waals surface area contributed by atoms with Gasteiger partial charge in [-0.1, -0.05) is 41.9 Å². The number of carbonyl (C=O) groups excluding carboxylic acids is 3. The van der Waals surface area contributed by atoms with Crippen molar-refractivity contribution in [2.24, 2.45) is 5.10 Å². The van der Waals surface area contributed by atoms with E-state index in [-0.39, 0.29) is 16.3 Å². The molecule has 0 aliphatic carbocycles. The summed E-state index contributed by atoms with van der Waals surface area (Å²) in [5, 5.41) is 6.59. The summed E-state index contributed by atoms with van der Waals surface area (Å²) in [6, 6.07) is 18.4. The van der Waals surface area contributed by atoms with E-state index < -0.39 is 17.8 Å². The minimum atomic E-state index is -0.916. The Kier molecular flexibility index (Phi) is 7.36. The van der Waals surface area contributed by atoms with Crippen molar-refractivity contribution in [2.75, 3.05) is 5.32 Å². The van der Waals surface area contributed by atoms with Gasteiger partial charge < -0.3 is 10.1 Å². The van der Waals surface area contributed by atoms with Crippen LogP contribution in [0.15, 0.2) is 71.8 Å². The zero-order chi connectivity index (χ0) is 23.1. The van der Waals surface area contributed by atoms with Gasteiger partial charge in [0.25, 0.3) is 0 Å². The number of benzene rings is 3.